The highest BCUT2D eigenvalue weighted by molar-refractivity contribution is 5.96. The van der Waals surface area contributed by atoms with E-state index in [4.69, 9.17) is 4.74 Å². The summed E-state index contributed by atoms with van der Waals surface area (Å²) in [6.45, 7) is 2.38. The minimum atomic E-state index is -0.968. The van der Waals surface area contributed by atoms with Gasteiger partial charge in [-0.2, -0.15) is 0 Å². The van der Waals surface area contributed by atoms with Crippen molar-refractivity contribution in [2.45, 2.75) is 19.1 Å². The molecule has 1 aliphatic heterocycles. The van der Waals surface area contributed by atoms with Crippen molar-refractivity contribution in [1.29, 1.82) is 0 Å². The molecule has 2 unspecified atom stereocenters. The fourth-order valence-corrected chi connectivity index (χ4v) is 3.04. The number of carbonyl (C=O) groups excluding carboxylic acids is 2. The van der Waals surface area contributed by atoms with Gasteiger partial charge in [0, 0.05) is 12.6 Å². The molecular weight excluding hydrogens is 354 g/mol. The van der Waals surface area contributed by atoms with Crippen LogP contribution in [0.1, 0.15) is 28.9 Å². The summed E-state index contributed by atoms with van der Waals surface area (Å²) in [5.74, 6) is -2.79. The summed E-state index contributed by atoms with van der Waals surface area (Å²) in [4.78, 5) is 26.2. The Hall–Kier alpha value is -2.80. The molecule has 1 saturated heterocycles. The molecule has 1 fully saturated rings. The molecule has 1 heterocycles. The third kappa shape index (κ3) is 4.68. The van der Waals surface area contributed by atoms with Gasteiger partial charge in [0.2, 0.25) is 5.91 Å². The number of amides is 2. The van der Waals surface area contributed by atoms with Crippen LogP contribution in [0.2, 0.25) is 0 Å². The zero-order chi connectivity index (χ0) is 19.4. The standard InChI is InChI=1S/C20H20F2N2O3/c1-13-11-24(12-18(27-13)14-5-3-2-4-6-14)19(25)10-23-20(26)16-8-7-15(21)9-17(16)22/h2-9,13,18H,10-12H2,1H3,(H,23,26). The SMILES string of the molecule is CC1CN(C(=O)CNC(=O)c2ccc(F)cc2F)CC(c2ccccc2)O1. The molecule has 5 nitrogen and oxygen atoms in total. The predicted octanol–water partition coefficient (Wildman–Crippen LogP) is 2.68. The van der Waals surface area contributed by atoms with Gasteiger partial charge in [-0.3, -0.25) is 9.59 Å². The lowest BCUT2D eigenvalue weighted by molar-refractivity contribution is -0.143. The van der Waals surface area contributed by atoms with Gasteiger partial charge in [0.1, 0.15) is 17.7 Å². The fourth-order valence-electron chi connectivity index (χ4n) is 3.04. The second-order valence-electron chi connectivity index (χ2n) is 6.45. The van der Waals surface area contributed by atoms with Gasteiger partial charge >= 0.3 is 0 Å². The maximum absolute atomic E-state index is 13.7. The lowest BCUT2D eigenvalue weighted by atomic mass is 10.1. The van der Waals surface area contributed by atoms with E-state index in [1.807, 2.05) is 37.3 Å². The van der Waals surface area contributed by atoms with Crippen LogP contribution in [-0.4, -0.2) is 42.5 Å². The third-order valence-electron chi connectivity index (χ3n) is 4.36. The molecule has 1 aliphatic rings. The average molecular weight is 374 g/mol. The predicted molar refractivity (Wildman–Crippen MR) is 95.0 cm³/mol. The van der Waals surface area contributed by atoms with Gasteiger partial charge in [-0.05, 0) is 24.6 Å². The highest BCUT2D eigenvalue weighted by Gasteiger charge is 2.29. The quantitative estimate of drug-likeness (QED) is 0.895. The van der Waals surface area contributed by atoms with Crippen molar-refractivity contribution in [3.8, 4) is 0 Å². The number of hydrogen-bond donors (Lipinski definition) is 1. The zero-order valence-electron chi connectivity index (χ0n) is 14.8. The van der Waals surface area contributed by atoms with Crippen molar-refractivity contribution in [3.05, 3.63) is 71.3 Å². The van der Waals surface area contributed by atoms with E-state index in [1.165, 1.54) is 0 Å². The zero-order valence-corrected chi connectivity index (χ0v) is 14.8. The van der Waals surface area contributed by atoms with Gasteiger partial charge in [0.05, 0.1) is 24.8 Å². The van der Waals surface area contributed by atoms with E-state index >= 15 is 0 Å². The van der Waals surface area contributed by atoms with Crippen molar-refractivity contribution in [1.82, 2.24) is 10.2 Å². The molecule has 2 atom stereocenters. The summed E-state index contributed by atoms with van der Waals surface area (Å²) < 4.78 is 32.5. The van der Waals surface area contributed by atoms with Crippen molar-refractivity contribution >= 4 is 11.8 Å². The largest absolute Gasteiger partial charge is 0.367 e. The Morgan fingerprint density at radius 2 is 1.89 bits per heavy atom. The molecule has 0 aromatic heterocycles. The van der Waals surface area contributed by atoms with Crippen molar-refractivity contribution in [2.24, 2.45) is 0 Å². The van der Waals surface area contributed by atoms with Crippen LogP contribution in [0.3, 0.4) is 0 Å². The van der Waals surface area contributed by atoms with E-state index in [1.54, 1.807) is 4.90 Å². The van der Waals surface area contributed by atoms with Gasteiger partial charge < -0.3 is 15.0 Å². The van der Waals surface area contributed by atoms with Crippen LogP contribution < -0.4 is 5.32 Å². The van der Waals surface area contributed by atoms with E-state index in [-0.39, 0.29) is 30.2 Å². The number of nitrogens with zero attached hydrogens (tertiary/aromatic N) is 1. The van der Waals surface area contributed by atoms with Crippen LogP contribution in [0.15, 0.2) is 48.5 Å². The van der Waals surface area contributed by atoms with E-state index in [0.29, 0.717) is 19.2 Å². The summed E-state index contributed by atoms with van der Waals surface area (Å²) in [5, 5.41) is 2.39. The maximum atomic E-state index is 13.7. The lowest BCUT2D eigenvalue weighted by Gasteiger charge is -2.37. The number of rotatable bonds is 4. The van der Waals surface area contributed by atoms with E-state index in [2.05, 4.69) is 5.32 Å². The molecular formula is C20H20F2N2O3. The number of carbonyl (C=O) groups is 2. The van der Waals surface area contributed by atoms with Gasteiger partial charge in [0.25, 0.3) is 5.91 Å². The highest BCUT2D eigenvalue weighted by atomic mass is 19.1. The summed E-state index contributed by atoms with van der Waals surface area (Å²) in [6.07, 6.45) is -0.401. The number of ether oxygens (including phenoxy) is 1. The first-order chi connectivity index (χ1) is 12.9. The first kappa shape index (κ1) is 19.0. The third-order valence-corrected chi connectivity index (χ3v) is 4.36. The molecule has 3 rings (SSSR count). The number of hydrogen-bond acceptors (Lipinski definition) is 3. The second kappa shape index (κ2) is 8.26. The van der Waals surface area contributed by atoms with Crippen LogP contribution in [-0.2, 0) is 9.53 Å². The molecule has 0 aliphatic carbocycles. The molecule has 2 amide bonds. The fraction of sp³-hybridized carbons (Fsp3) is 0.300. The number of halogens is 2. The molecule has 2 aromatic rings. The number of benzene rings is 2. The number of nitrogens with one attached hydrogen (secondary N) is 1. The Morgan fingerprint density at radius 1 is 1.15 bits per heavy atom. The van der Waals surface area contributed by atoms with Crippen molar-refractivity contribution in [2.75, 3.05) is 19.6 Å². The first-order valence-corrected chi connectivity index (χ1v) is 8.65. The Kier molecular flexibility index (Phi) is 5.81. The molecule has 0 bridgehead atoms. The Labute approximate surface area is 155 Å². The van der Waals surface area contributed by atoms with E-state index in [9.17, 15) is 18.4 Å². The van der Waals surface area contributed by atoms with Gasteiger partial charge in [-0.1, -0.05) is 30.3 Å². The molecule has 27 heavy (non-hydrogen) atoms. The topological polar surface area (TPSA) is 58.6 Å². The monoisotopic (exact) mass is 374 g/mol. The summed E-state index contributed by atoms with van der Waals surface area (Å²) in [6, 6.07) is 12.3. The van der Waals surface area contributed by atoms with Gasteiger partial charge in [-0.15, -0.1) is 0 Å². The second-order valence-corrected chi connectivity index (χ2v) is 6.45. The molecule has 2 aromatic carbocycles. The van der Waals surface area contributed by atoms with Crippen LogP contribution >= 0.6 is 0 Å². The highest BCUT2D eigenvalue weighted by Crippen LogP contribution is 2.25. The normalized spacial score (nSPS) is 19.6. The first-order valence-electron chi connectivity index (χ1n) is 8.65. The molecule has 0 saturated carbocycles. The van der Waals surface area contributed by atoms with E-state index in [0.717, 1.165) is 17.7 Å². The smallest absolute Gasteiger partial charge is 0.254 e. The minimum Gasteiger partial charge on any atom is -0.367 e. The van der Waals surface area contributed by atoms with E-state index < -0.39 is 17.5 Å². The Bertz CT molecular complexity index is 829. The summed E-state index contributed by atoms with van der Waals surface area (Å²) in [7, 11) is 0. The Morgan fingerprint density at radius 3 is 2.59 bits per heavy atom. The van der Waals surface area contributed by atoms with Crippen LogP contribution in [0, 0.1) is 11.6 Å². The Balaban J connectivity index is 1.60. The van der Waals surface area contributed by atoms with Crippen LogP contribution in [0.4, 0.5) is 8.78 Å². The van der Waals surface area contributed by atoms with Crippen molar-refractivity contribution < 1.29 is 23.1 Å². The summed E-state index contributed by atoms with van der Waals surface area (Å²) in [5.41, 5.74) is 0.668. The molecule has 0 radical (unpaired) electrons. The molecule has 1 N–H and O–H groups in total. The van der Waals surface area contributed by atoms with Crippen LogP contribution in [0.5, 0.6) is 0 Å². The molecule has 0 spiro atoms. The van der Waals surface area contributed by atoms with Crippen LogP contribution in [0.25, 0.3) is 0 Å². The lowest BCUT2D eigenvalue weighted by Crippen LogP contribution is -2.49. The minimum absolute atomic E-state index is 0.154. The summed E-state index contributed by atoms with van der Waals surface area (Å²) >= 11 is 0. The van der Waals surface area contributed by atoms with Crippen molar-refractivity contribution in [3.63, 3.8) is 0 Å². The maximum Gasteiger partial charge on any atom is 0.254 e. The number of morpholine rings is 1. The molecule has 7 heteroatoms. The van der Waals surface area contributed by atoms with Gasteiger partial charge in [-0.25, -0.2) is 8.78 Å². The average Bonchev–Trinajstić information content (AvgIpc) is 2.66. The van der Waals surface area contributed by atoms with Gasteiger partial charge in [0.15, 0.2) is 0 Å². The molecule has 142 valence electrons.